The molecule has 9 nitrogen and oxygen atoms in total. The zero-order chi connectivity index (χ0) is 30.3. The molecule has 4 heterocycles. The second-order valence-electron chi connectivity index (χ2n) is 9.94. The highest BCUT2D eigenvalue weighted by atomic mass is 19.4. The number of imidazole rings is 1. The van der Waals surface area contributed by atoms with E-state index in [2.05, 4.69) is 42.3 Å². The molecule has 42 heavy (non-hydrogen) atoms. The topological polar surface area (TPSA) is 90.7 Å². The molecule has 2 N–H and O–H groups in total. The second kappa shape index (κ2) is 13.6. The number of hydrogen-bond acceptors (Lipinski definition) is 7. The summed E-state index contributed by atoms with van der Waals surface area (Å²) >= 11 is 0. The first-order valence-electron chi connectivity index (χ1n) is 13.4. The van der Waals surface area contributed by atoms with E-state index in [1.54, 1.807) is 18.5 Å². The third-order valence-electron chi connectivity index (χ3n) is 6.60. The van der Waals surface area contributed by atoms with Crippen LogP contribution >= 0.6 is 0 Å². The highest BCUT2D eigenvalue weighted by molar-refractivity contribution is 6.04. The van der Waals surface area contributed by atoms with Crippen molar-refractivity contribution in [2.45, 2.75) is 19.6 Å². The van der Waals surface area contributed by atoms with E-state index in [1.165, 1.54) is 30.6 Å². The fraction of sp³-hybridized carbons (Fsp3) is 0.333. The van der Waals surface area contributed by atoms with Crippen molar-refractivity contribution in [1.82, 2.24) is 34.5 Å². The third kappa shape index (κ3) is 7.70. The van der Waals surface area contributed by atoms with Gasteiger partial charge in [-0.05, 0) is 63.8 Å². The number of halogens is 3. The predicted octanol–water partition coefficient (Wildman–Crippen LogP) is 3.69. The first kappa shape index (κ1) is 30.6. The first-order chi connectivity index (χ1) is 20.1. The predicted molar refractivity (Wildman–Crippen MR) is 155 cm³/mol. The molecule has 5 rings (SSSR count). The molecule has 0 atom stereocenters. The van der Waals surface area contributed by atoms with E-state index >= 15 is 0 Å². The number of hydrogen-bond donors (Lipinski definition) is 2. The molecule has 1 saturated heterocycles. The molecule has 1 aliphatic rings. The molecule has 12 heteroatoms. The molecule has 4 aromatic rings. The van der Waals surface area contributed by atoms with Crippen molar-refractivity contribution in [2.24, 2.45) is 0 Å². The van der Waals surface area contributed by atoms with E-state index in [1.807, 2.05) is 37.4 Å². The van der Waals surface area contributed by atoms with Gasteiger partial charge in [-0.25, -0.2) is 9.97 Å². The van der Waals surface area contributed by atoms with Crippen LogP contribution in [-0.4, -0.2) is 82.4 Å². The van der Waals surface area contributed by atoms with Gasteiger partial charge in [0.15, 0.2) is 0 Å². The minimum absolute atomic E-state index is 0.0552. The van der Waals surface area contributed by atoms with Gasteiger partial charge in [0, 0.05) is 62.6 Å². The lowest BCUT2D eigenvalue weighted by molar-refractivity contribution is -0.138. The van der Waals surface area contributed by atoms with E-state index in [4.69, 9.17) is 0 Å². The van der Waals surface area contributed by atoms with Crippen LogP contribution in [0.25, 0.3) is 5.65 Å². The van der Waals surface area contributed by atoms with Gasteiger partial charge < -0.3 is 15.5 Å². The maximum Gasteiger partial charge on any atom is 0.416 e. The maximum absolute atomic E-state index is 13.9. The monoisotopic (exact) mass is 578 g/mol. The highest BCUT2D eigenvalue weighted by Crippen LogP contribution is 2.34. The minimum Gasteiger partial charge on any atom is -0.323 e. The van der Waals surface area contributed by atoms with E-state index in [9.17, 15) is 18.0 Å². The zero-order valence-corrected chi connectivity index (χ0v) is 24.0. The number of fused-ring (bicyclic) bond motifs is 1. The molecule has 0 bridgehead atoms. The van der Waals surface area contributed by atoms with Crippen molar-refractivity contribution in [3.05, 3.63) is 88.9 Å². The van der Waals surface area contributed by atoms with Crippen LogP contribution in [0.3, 0.4) is 0 Å². The number of rotatable bonds is 4. The number of nitrogens with one attached hydrogen (secondary N) is 2. The van der Waals surface area contributed by atoms with Crippen LogP contribution in [-0.2, 0) is 12.7 Å². The number of likely N-dealkylation sites (N-methyl/N-ethyl adjacent to an activating group) is 1. The molecule has 0 spiro atoms. The van der Waals surface area contributed by atoms with Crippen LogP contribution in [0, 0.1) is 18.8 Å². The van der Waals surface area contributed by atoms with Gasteiger partial charge in [-0.15, -0.1) is 0 Å². The van der Waals surface area contributed by atoms with Gasteiger partial charge in [0.05, 0.1) is 17.3 Å². The lowest BCUT2D eigenvalue weighted by Gasteiger charge is -2.33. The number of carbonyl (C=O) groups excluding carboxylic acids is 1. The summed E-state index contributed by atoms with van der Waals surface area (Å²) in [5.41, 5.74) is 1.47. The number of nitrogens with zero attached hydrogens (tertiary/aromatic N) is 6. The van der Waals surface area contributed by atoms with Crippen molar-refractivity contribution >= 4 is 17.2 Å². The van der Waals surface area contributed by atoms with Crippen LogP contribution in [0.15, 0.2) is 55.1 Å². The second-order valence-corrected chi connectivity index (χ2v) is 9.94. The number of piperazine rings is 1. The molecule has 3 aromatic heterocycles. The lowest BCUT2D eigenvalue weighted by Crippen LogP contribution is -2.44. The van der Waals surface area contributed by atoms with Crippen LogP contribution < -0.4 is 10.6 Å². The Balaban J connectivity index is 0.00000129. The standard InChI is InChI=1S/C28H26F3N7O.C2H7N/c1-19-33-8-7-26-34-17-24(38(19)26)6-3-20-13-22(16-32-15-20)27(39)35-23-5-4-21(25(14-23)28(29,30)31)18-37-11-9-36(2)10-12-37;1-3-2/h4-5,7-8,13-17H,9-12,18H2,1-2H3,(H,35,39);3H,1-2H3. The lowest BCUT2D eigenvalue weighted by atomic mass is 10.0. The molecule has 0 aliphatic carbocycles. The fourth-order valence-corrected chi connectivity index (χ4v) is 4.46. The van der Waals surface area contributed by atoms with Crippen LogP contribution in [0.1, 0.15) is 38.6 Å². The van der Waals surface area contributed by atoms with Gasteiger partial charge in [0.25, 0.3) is 5.91 Å². The molecule has 220 valence electrons. The summed E-state index contributed by atoms with van der Waals surface area (Å²) in [7, 11) is 5.74. The summed E-state index contributed by atoms with van der Waals surface area (Å²) in [5.74, 6) is 6.13. The minimum atomic E-state index is -4.55. The normalized spacial score (nSPS) is 14.1. The highest BCUT2D eigenvalue weighted by Gasteiger charge is 2.34. The smallest absolute Gasteiger partial charge is 0.323 e. The van der Waals surface area contributed by atoms with Crippen LogP contribution in [0.2, 0.25) is 0 Å². The molecular weight excluding hydrogens is 545 g/mol. The molecule has 0 saturated carbocycles. The number of carbonyl (C=O) groups is 1. The molecule has 1 aliphatic heterocycles. The number of amides is 1. The van der Waals surface area contributed by atoms with E-state index in [-0.39, 0.29) is 23.4 Å². The van der Waals surface area contributed by atoms with E-state index < -0.39 is 17.6 Å². The average Bonchev–Trinajstić information content (AvgIpc) is 3.38. The molecule has 1 fully saturated rings. The maximum atomic E-state index is 13.9. The molecular formula is C30H33F3N8O. The van der Waals surface area contributed by atoms with Gasteiger partial charge in [-0.3, -0.25) is 19.1 Å². The van der Waals surface area contributed by atoms with Crippen molar-refractivity contribution in [1.29, 1.82) is 0 Å². The molecule has 1 aromatic carbocycles. The Kier molecular flexibility index (Phi) is 9.90. The number of anilines is 1. The number of aryl methyl sites for hydroxylation is 1. The summed E-state index contributed by atoms with van der Waals surface area (Å²) in [5, 5.41) is 5.32. The Morgan fingerprint density at radius 1 is 1.00 bits per heavy atom. The number of benzene rings is 1. The summed E-state index contributed by atoms with van der Waals surface area (Å²) in [6.07, 6.45) is 1.60. The summed E-state index contributed by atoms with van der Waals surface area (Å²) in [6, 6.07) is 7.23. The fourth-order valence-electron chi connectivity index (χ4n) is 4.46. The summed E-state index contributed by atoms with van der Waals surface area (Å²) in [6.45, 7) is 5.06. The summed E-state index contributed by atoms with van der Waals surface area (Å²) in [4.78, 5) is 29.7. The van der Waals surface area contributed by atoms with Crippen molar-refractivity contribution < 1.29 is 18.0 Å². The van der Waals surface area contributed by atoms with Gasteiger partial charge in [0.1, 0.15) is 17.2 Å². The quantitative estimate of drug-likeness (QED) is 0.357. The SMILES string of the molecule is CNC.Cc1nccc2ncc(C#Cc3cncc(C(=O)Nc4ccc(CN5CCN(C)CC5)c(C(F)(F)F)c4)c3)n12. The third-order valence-corrected chi connectivity index (χ3v) is 6.60. The molecule has 0 radical (unpaired) electrons. The Labute approximate surface area is 242 Å². The Morgan fingerprint density at radius 2 is 1.74 bits per heavy atom. The average molecular weight is 579 g/mol. The van der Waals surface area contributed by atoms with Gasteiger partial charge >= 0.3 is 6.18 Å². The van der Waals surface area contributed by atoms with Crippen LogP contribution in [0.4, 0.5) is 18.9 Å². The number of alkyl halides is 3. The van der Waals surface area contributed by atoms with Gasteiger partial charge in [-0.2, -0.15) is 13.2 Å². The largest absolute Gasteiger partial charge is 0.416 e. The van der Waals surface area contributed by atoms with E-state index in [0.29, 0.717) is 30.0 Å². The summed E-state index contributed by atoms with van der Waals surface area (Å²) < 4.78 is 43.5. The Morgan fingerprint density at radius 3 is 2.45 bits per heavy atom. The van der Waals surface area contributed by atoms with Gasteiger partial charge in [-0.1, -0.05) is 12.0 Å². The number of pyridine rings is 1. The number of aromatic nitrogens is 4. The van der Waals surface area contributed by atoms with E-state index in [0.717, 1.165) is 25.0 Å². The van der Waals surface area contributed by atoms with Crippen molar-refractivity contribution in [2.75, 3.05) is 52.6 Å². The zero-order valence-electron chi connectivity index (χ0n) is 24.0. The molecule has 0 unspecified atom stereocenters. The first-order valence-corrected chi connectivity index (χ1v) is 13.4. The molecule has 1 amide bonds. The van der Waals surface area contributed by atoms with Gasteiger partial charge in [0.2, 0.25) is 0 Å². The van der Waals surface area contributed by atoms with Crippen molar-refractivity contribution in [3.63, 3.8) is 0 Å². The Bertz CT molecular complexity index is 1600. The van der Waals surface area contributed by atoms with Crippen molar-refractivity contribution in [3.8, 4) is 11.8 Å². The Hall–Kier alpha value is -4.31. The van der Waals surface area contributed by atoms with Crippen LogP contribution in [0.5, 0.6) is 0 Å².